The van der Waals surface area contributed by atoms with Crippen molar-refractivity contribution in [1.29, 1.82) is 0 Å². The van der Waals surface area contributed by atoms with Gasteiger partial charge in [-0.25, -0.2) is 9.78 Å². The smallest absolute Gasteiger partial charge is 0.407 e. The van der Waals surface area contributed by atoms with E-state index < -0.39 is 6.09 Å². The Hall–Kier alpha value is -4.43. The number of benzene rings is 2. The molecule has 0 aliphatic carbocycles. The highest BCUT2D eigenvalue weighted by atomic mass is 16.6. The number of hydrogen-bond donors (Lipinski definition) is 2. The minimum absolute atomic E-state index is 0.376. The van der Waals surface area contributed by atoms with Gasteiger partial charge in [0.1, 0.15) is 5.65 Å². The first-order chi connectivity index (χ1) is 18.2. The Morgan fingerprint density at radius 2 is 1.73 bits per heavy atom. The molecule has 6 rings (SSSR count). The molecule has 5 aromatic rings. The Labute approximate surface area is 214 Å². The molecule has 0 atom stereocenters. The lowest BCUT2D eigenvalue weighted by molar-refractivity contribution is 0.215. The van der Waals surface area contributed by atoms with Gasteiger partial charge in [-0.3, -0.25) is 14.9 Å². The first-order valence-electron chi connectivity index (χ1n) is 12.5. The predicted octanol–water partition coefficient (Wildman–Crippen LogP) is 5.68. The molecule has 3 aromatic heterocycles. The number of H-pyrrole nitrogens is 1. The van der Waals surface area contributed by atoms with E-state index >= 15 is 0 Å². The topological polar surface area (TPSA) is 88.1 Å². The summed E-state index contributed by atoms with van der Waals surface area (Å²) in [4.78, 5) is 22.8. The van der Waals surface area contributed by atoms with Gasteiger partial charge < -0.3 is 9.72 Å². The van der Waals surface area contributed by atoms with Gasteiger partial charge >= 0.3 is 6.09 Å². The summed E-state index contributed by atoms with van der Waals surface area (Å²) in [7, 11) is 0. The number of ether oxygens (including phenoxy) is 1. The average Bonchev–Trinajstić information content (AvgIpc) is 3.68. The van der Waals surface area contributed by atoms with Crippen molar-refractivity contribution in [2.45, 2.75) is 25.9 Å². The molecule has 1 aliphatic rings. The van der Waals surface area contributed by atoms with Gasteiger partial charge in [0.05, 0.1) is 24.6 Å². The molecular formula is C29H28N6O2. The average molecular weight is 493 g/mol. The Morgan fingerprint density at radius 1 is 0.946 bits per heavy atom. The summed E-state index contributed by atoms with van der Waals surface area (Å²) in [5, 5.41) is 7.92. The van der Waals surface area contributed by atoms with Gasteiger partial charge in [0.15, 0.2) is 5.75 Å². The van der Waals surface area contributed by atoms with Crippen LogP contribution in [0.3, 0.4) is 0 Å². The van der Waals surface area contributed by atoms with Crippen LogP contribution in [-0.2, 0) is 13.1 Å². The molecule has 0 radical (unpaired) electrons. The van der Waals surface area contributed by atoms with E-state index in [1.807, 2.05) is 42.6 Å². The van der Waals surface area contributed by atoms with Crippen molar-refractivity contribution in [3.63, 3.8) is 0 Å². The Balaban J connectivity index is 1.12. The maximum atomic E-state index is 12.6. The molecule has 1 fully saturated rings. The van der Waals surface area contributed by atoms with Crippen LogP contribution >= 0.6 is 0 Å². The number of aromatic nitrogens is 4. The summed E-state index contributed by atoms with van der Waals surface area (Å²) in [6.45, 7) is 3.97. The van der Waals surface area contributed by atoms with Crippen molar-refractivity contribution in [3.05, 3.63) is 96.6 Å². The van der Waals surface area contributed by atoms with E-state index in [9.17, 15) is 4.79 Å². The predicted molar refractivity (Wildman–Crippen MR) is 143 cm³/mol. The highest BCUT2D eigenvalue weighted by Gasteiger charge is 2.14. The molecule has 0 spiro atoms. The Bertz CT molecular complexity index is 1500. The minimum atomic E-state index is -0.586. The third kappa shape index (κ3) is 5.39. The molecule has 4 heterocycles. The quantitative estimate of drug-likeness (QED) is 0.305. The number of nitrogens with one attached hydrogen (secondary N) is 2. The summed E-state index contributed by atoms with van der Waals surface area (Å²) in [6.07, 6.45) is 8.80. The van der Waals surface area contributed by atoms with E-state index in [4.69, 9.17) is 4.74 Å². The first-order valence-corrected chi connectivity index (χ1v) is 12.5. The Kier molecular flexibility index (Phi) is 6.39. The van der Waals surface area contributed by atoms with Gasteiger partial charge in [-0.05, 0) is 48.7 Å². The van der Waals surface area contributed by atoms with Crippen molar-refractivity contribution in [3.8, 4) is 16.9 Å². The second-order valence-electron chi connectivity index (χ2n) is 9.38. The summed E-state index contributed by atoms with van der Waals surface area (Å²) in [5.74, 6) is 0.376. The van der Waals surface area contributed by atoms with Crippen LogP contribution in [0.2, 0.25) is 0 Å². The molecule has 186 valence electrons. The lowest BCUT2D eigenvalue weighted by Crippen LogP contribution is -2.18. The number of anilines is 1. The van der Waals surface area contributed by atoms with E-state index in [1.165, 1.54) is 37.7 Å². The number of fused-ring (bicyclic) bond motifs is 1. The van der Waals surface area contributed by atoms with Gasteiger partial charge in [0.25, 0.3) is 0 Å². The zero-order valence-electron chi connectivity index (χ0n) is 20.4. The highest BCUT2D eigenvalue weighted by molar-refractivity contribution is 6.00. The van der Waals surface area contributed by atoms with Gasteiger partial charge in [0, 0.05) is 29.9 Å². The van der Waals surface area contributed by atoms with Crippen molar-refractivity contribution >= 4 is 22.8 Å². The maximum Gasteiger partial charge on any atom is 0.417 e. The molecule has 1 saturated heterocycles. The van der Waals surface area contributed by atoms with Crippen molar-refractivity contribution in [2.75, 3.05) is 18.4 Å². The van der Waals surface area contributed by atoms with Gasteiger partial charge in [-0.2, -0.15) is 5.10 Å². The second-order valence-corrected chi connectivity index (χ2v) is 9.38. The number of aromatic amines is 1. The molecule has 0 saturated carbocycles. The number of carbonyl (C=O) groups excluding carboxylic acids is 1. The second kappa shape index (κ2) is 10.3. The fourth-order valence-electron chi connectivity index (χ4n) is 4.76. The third-order valence-electron chi connectivity index (χ3n) is 6.67. The van der Waals surface area contributed by atoms with E-state index in [-0.39, 0.29) is 0 Å². The van der Waals surface area contributed by atoms with Crippen molar-refractivity contribution in [2.24, 2.45) is 0 Å². The van der Waals surface area contributed by atoms with Crippen LogP contribution < -0.4 is 10.1 Å². The lowest BCUT2D eigenvalue weighted by Gasteiger charge is -2.14. The minimum Gasteiger partial charge on any atom is -0.407 e. The molecule has 0 unspecified atom stereocenters. The van der Waals surface area contributed by atoms with E-state index in [0.717, 1.165) is 28.6 Å². The fourth-order valence-corrected chi connectivity index (χ4v) is 4.76. The monoisotopic (exact) mass is 492 g/mol. The zero-order valence-corrected chi connectivity index (χ0v) is 20.4. The largest absolute Gasteiger partial charge is 0.417 e. The van der Waals surface area contributed by atoms with Gasteiger partial charge in [0.2, 0.25) is 0 Å². The number of rotatable bonds is 7. The van der Waals surface area contributed by atoms with E-state index in [1.54, 1.807) is 17.1 Å². The first kappa shape index (κ1) is 23.0. The summed E-state index contributed by atoms with van der Waals surface area (Å²) in [5.41, 5.74) is 5.80. The molecule has 8 heteroatoms. The lowest BCUT2D eigenvalue weighted by atomic mass is 10.0. The zero-order chi connectivity index (χ0) is 25.0. The van der Waals surface area contributed by atoms with Crippen LogP contribution in [-0.4, -0.2) is 43.8 Å². The van der Waals surface area contributed by atoms with E-state index in [2.05, 4.69) is 49.5 Å². The molecule has 37 heavy (non-hydrogen) atoms. The van der Waals surface area contributed by atoms with Crippen LogP contribution in [0.25, 0.3) is 22.2 Å². The maximum absolute atomic E-state index is 12.6. The Morgan fingerprint density at radius 3 is 2.54 bits per heavy atom. The standard InChI is InChI=1S/C29H28N6O2/c36-29(37-25-16-32-35(20-25)19-21-6-2-1-3-7-21)33-27-17-31-28-26(27)14-24(15-30-28)23-10-8-22(9-11-23)18-34-12-4-5-13-34/h1-3,6-11,14-17,20H,4-5,12-13,18-19H2,(H,30,31)(H,33,36). The number of nitrogens with zero attached hydrogens (tertiary/aromatic N) is 4. The van der Waals surface area contributed by atoms with E-state index in [0.29, 0.717) is 23.6 Å². The molecule has 2 aromatic carbocycles. The number of hydrogen-bond acceptors (Lipinski definition) is 5. The number of amides is 1. The normalized spacial score (nSPS) is 13.7. The van der Waals surface area contributed by atoms with Gasteiger partial charge in [-0.1, -0.05) is 54.6 Å². The summed E-state index contributed by atoms with van der Waals surface area (Å²) in [6, 6.07) is 20.7. The van der Waals surface area contributed by atoms with Crippen LogP contribution in [0.15, 0.2) is 85.5 Å². The van der Waals surface area contributed by atoms with Crippen molar-refractivity contribution < 1.29 is 9.53 Å². The SMILES string of the molecule is O=C(Nc1c[nH]c2ncc(-c3ccc(CN4CCCC4)cc3)cc12)Oc1cnn(Cc2ccccc2)c1. The molecular weight excluding hydrogens is 464 g/mol. The molecule has 0 bridgehead atoms. The number of carbonyl (C=O) groups is 1. The summed E-state index contributed by atoms with van der Waals surface area (Å²) < 4.78 is 7.20. The molecule has 8 nitrogen and oxygen atoms in total. The third-order valence-corrected chi connectivity index (χ3v) is 6.67. The number of pyridine rings is 1. The molecule has 2 N–H and O–H groups in total. The molecule has 1 aliphatic heterocycles. The van der Waals surface area contributed by atoms with Crippen LogP contribution in [0, 0.1) is 0 Å². The van der Waals surface area contributed by atoms with Crippen LogP contribution in [0.4, 0.5) is 10.5 Å². The van der Waals surface area contributed by atoms with Crippen LogP contribution in [0.5, 0.6) is 5.75 Å². The van der Waals surface area contributed by atoms with Gasteiger partial charge in [-0.15, -0.1) is 0 Å². The van der Waals surface area contributed by atoms with Crippen LogP contribution in [0.1, 0.15) is 24.0 Å². The summed E-state index contributed by atoms with van der Waals surface area (Å²) >= 11 is 0. The van der Waals surface area contributed by atoms with Crippen molar-refractivity contribution in [1.82, 2.24) is 24.6 Å². The number of likely N-dealkylation sites (tertiary alicyclic amines) is 1. The fraction of sp³-hybridized carbons (Fsp3) is 0.207. The molecule has 1 amide bonds. The highest BCUT2D eigenvalue weighted by Crippen LogP contribution is 2.28.